The second-order valence-electron chi connectivity index (χ2n) is 6.40. The monoisotopic (exact) mass is 271 g/mol. The molecule has 0 aromatic carbocycles. The summed E-state index contributed by atoms with van der Waals surface area (Å²) < 4.78 is 0. The van der Waals surface area contributed by atoms with E-state index in [0.717, 1.165) is 25.8 Å². The van der Waals surface area contributed by atoms with Crippen molar-refractivity contribution < 1.29 is 4.79 Å². The van der Waals surface area contributed by atoms with Gasteiger partial charge in [-0.15, -0.1) is 0 Å². The molecule has 0 saturated carbocycles. The summed E-state index contributed by atoms with van der Waals surface area (Å²) in [7, 11) is 4.16. The molecule has 0 radical (unpaired) electrons. The van der Waals surface area contributed by atoms with E-state index in [2.05, 4.69) is 38.2 Å². The third kappa shape index (κ3) is 8.22. The van der Waals surface area contributed by atoms with Crippen molar-refractivity contribution in [3.05, 3.63) is 0 Å². The molecule has 0 fully saturated rings. The highest BCUT2D eigenvalue weighted by molar-refractivity contribution is 5.75. The van der Waals surface area contributed by atoms with Crippen LogP contribution < -0.4 is 11.1 Å². The van der Waals surface area contributed by atoms with E-state index in [1.165, 1.54) is 0 Å². The topological polar surface area (TPSA) is 58.4 Å². The van der Waals surface area contributed by atoms with E-state index in [1.54, 1.807) is 0 Å². The summed E-state index contributed by atoms with van der Waals surface area (Å²) in [6.45, 7) is 9.05. The van der Waals surface area contributed by atoms with Crippen LogP contribution in [0.2, 0.25) is 0 Å². The van der Waals surface area contributed by atoms with Gasteiger partial charge in [0.1, 0.15) is 0 Å². The fraction of sp³-hybridized carbons (Fsp3) is 0.933. The Kier molecular flexibility index (Phi) is 8.26. The zero-order valence-electron chi connectivity index (χ0n) is 13.6. The minimum atomic E-state index is -0.270. The van der Waals surface area contributed by atoms with Crippen molar-refractivity contribution in [1.29, 1.82) is 0 Å². The van der Waals surface area contributed by atoms with Gasteiger partial charge in [0, 0.05) is 24.5 Å². The lowest BCUT2D eigenvalue weighted by atomic mass is 9.93. The number of hydrogen-bond donors (Lipinski definition) is 2. The lowest BCUT2D eigenvalue weighted by Crippen LogP contribution is -2.45. The molecule has 1 atom stereocenters. The van der Waals surface area contributed by atoms with Gasteiger partial charge in [-0.2, -0.15) is 0 Å². The summed E-state index contributed by atoms with van der Waals surface area (Å²) in [5.74, 6) is 0.734. The van der Waals surface area contributed by atoms with Gasteiger partial charge in [0.2, 0.25) is 5.91 Å². The Labute approximate surface area is 119 Å². The van der Waals surface area contributed by atoms with Crippen LogP contribution in [0.15, 0.2) is 0 Å². The number of carbonyl (C=O) groups excluding carboxylic acids is 1. The van der Waals surface area contributed by atoms with Crippen LogP contribution in [-0.4, -0.2) is 43.0 Å². The van der Waals surface area contributed by atoms with Crippen LogP contribution in [0.1, 0.15) is 53.4 Å². The predicted molar refractivity (Wildman–Crippen MR) is 82.1 cm³/mol. The Morgan fingerprint density at radius 3 is 2.16 bits per heavy atom. The van der Waals surface area contributed by atoms with Crippen molar-refractivity contribution in [2.45, 2.75) is 65.0 Å². The molecule has 0 aromatic heterocycles. The van der Waals surface area contributed by atoms with E-state index in [-0.39, 0.29) is 11.4 Å². The number of amides is 1. The molecule has 0 saturated heterocycles. The van der Waals surface area contributed by atoms with Crippen LogP contribution in [0.3, 0.4) is 0 Å². The molecular formula is C15H33N3O. The molecule has 0 aliphatic rings. The van der Waals surface area contributed by atoms with Crippen LogP contribution in [0.4, 0.5) is 0 Å². The van der Waals surface area contributed by atoms with Crippen LogP contribution >= 0.6 is 0 Å². The fourth-order valence-electron chi connectivity index (χ4n) is 2.35. The lowest BCUT2D eigenvalue weighted by Gasteiger charge is -2.31. The van der Waals surface area contributed by atoms with Crippen molar-refractivity contribution in [1.82, 2.24) is 10.2 Å². The molecule has 19 heavy (non-hydrogen) atoms. The van der Waals surface area contributed by atoms with Crippen LogP contribution in [0, 0.1) is 5.92 Å². The smallest absolute Gasteiger partial charge is 0.220 e. The molecule has 0 aliphatic carbocycles. The summed E-state index contributed by atoms with van der Waals surface area (Å²) in [5, 5.41) is 3.05. The van der Waals surface area contributed by atoms with Gasteiger partial charge in [-0.05, 0) is 40.3 Å². The molecule has 0 bridgehead atoms. The molecule has 0 spiro atoms. The molecule has 0 aliphatic heterocycles. The molecule has 0 heterocycles. The maximum absolute atomic E-state index is 11.8. The second kappa shape index (κ2) is 8.54. The Morgan fingerprint density at radius 1 is 1.26 bits per heavy atom. The number of likely N-dealkylation sites (N-methyl/N-ethyl adjacent to an activating group) is 1. The van der Waals surface area contributed by atoms with Gasteiger partial charge in [0.05, 0.1) is 0 Å². The number of rotatable bonds is 9. The standard InChI is InChI=1S/C15H33N3O/c1-7-12(8-2)13(18(5)6)11-17-14(19)9-10-15(3,4)16/h12-13H,7-11,16H2,1-6H3,(H,17,19). The predicted octanol–water partition coefficient (Wildman–Crippen LogP) is 1.99. The van der Waals surface area contributed by atoms with Crippen LogP contribution in [0.5, 0.6) is 0 Å². The van der Waals surface area contributed by atoms with Crippen molar-refractivity contribution in [3.63, 3.8) is 0 Å². The van der Waals surface area contributed by atoms with Crippen molar-refractivity contribution in [2.24, 2.45) is 11.7 Å². The van der Waals surface area contributed by atoms with Gasteiger partial charge in [-0.25, -0.2) is 0 Å². The first kappa shape index (κ1) is 18.4. The zero-order chi connectivity index (χ0) is 15.1. The van der Waals surface area contributed by atoms with Crippen LogP contribution in [0.25, 0.3) is 0 Å². The highest BCUT2D eigenvalue weighted by atomic mass is 16.1. The Hall–Kier alpha value is -0.610. The van der Waals surface area contributed by atoms with E-state index in [0.29, 0.717) is 18.4 Å². The van der Waals surface area contributed by atoms with E-state index < -0.39 is 0 Å². The van der Waals surface area contributed by atoms with E-state index in [1.807, 2.05) is 13.8 Å². The first-order valence-electron chi connectivity index (χ1n) is 7.43. The average molecular weight is 271 g/mol. The lowest BCUT2D eigenvalue weighted by molar-refractivity contribution is -0.121. The minimum absolute atomic E-state index is 0.108. The second-order valence-corrected chi connectivity index (χ2v) is 6.40. The highest BCUT2D eigenvalue weighted by Crippen LogP contribution is 2.16. The number of nitrogens with one attached hydrogen (secondary N) is 1. The molecule has 4 heteroatoms. The maximum atomic E-state index is 11.8. The van der Waals surface area contributed by atoms with Gasteiger partial charge >= 0.3 is 0 Å². The van der Waals surface area contributed by atoms with E-state index >= 15 is 0 Å². The molecule has 0 aromatic rings. The third-order valence-electron chi connectivity index (χ3n) is 3.76. The SMILES string of the molecule is CCC(CC)C(CNC(=O)CCC(C)(C)N)N(C)C. The summed E-state index contributed by atoms with van der Waals surface area (Å²) in [6, 6.07) is 0.407. The van der Waals surface area contributed by atoms with Crippen molar-refractivity contribution in [3.8, 4) is 0 Å². The normalized spacial score (nSPS) is 13.9. The van der Waals surface area contributed by atoms with Gasteiger partial charge < -0.3 is 16.0 Å². The van der Waals surface area contributed by atoms with Gasteiger partial charge in [-0.3, -0.25) is 4.79 Å². The fourth-order valence-corrected chi connectivity index (χ4v) is 2.35. The molecule has 0 rings (SSSR count). The molecular weight excluding hydrogens is 238 g/mol. The van der Waals surface area contributed by atoms with Crippen molar-refractivity contribution >= 4 is 5.91 Å². The first-order valence-corrected chi connectivity index (χ1v) is 7.43. The summed E-state index contributed by atoms with van der Waals surface area (Å²) in [6.07, 6.45) is 3.51. The summed E-state index contributed by atoms with van der Waals surface area (Å²) in [5.41, 5.74) is 5.62. The Morgan fingerprint density at radius 2 is 1.79 bits per heavy atom. The van der Waals surface area contributed by atoms with Gasteiger partial charge in [0.25, 0.3) is 0 Å². The largest absolute Gasteiger partial charge is 0.355 e. The number of hydrogen-bond acceptors (Lipinski definition) is 3. The molecule has 1 unspecified atom stereocenters. The van der Waals surface area contributed by atoms with Gasteiger partial charge in [-0.1, -0.05) is 26.7 Å². The molecule has 114 valence electrons. The average Bonchev–Trinajstić information content (AvgIpc) is 2.30. The molecule has 3 N–H and O–H groups in total. The van der Waals surface area contributed by atoms with E-state index in [9.17, 15) is 4.79 Å². The maximum Gasteiger partial charge on any atom is 0.220 e. The minimum Gasteiger partial charge on any atom is -0.355 e. The highest BCUT2D eigenvalue weighted by Gasteiger charge is 2.21. The van der Waals surface area contributed by atoms with Crippen molar-refractivity contribution in [2.75, 3.05) is 20.6 Å². The summed E-state index contributed by atoms with van der Waals surface area (Å²) in [4.78, 5) is 14.0. The number of carbonyl (C=O) groups is 1. The van der Waals surface area contributed by atoms with Crippen LogP contribution in [-0.2, 0) is 4.79 Å². The number of nitrogens with zero attached hydrogens (tertiary/aromatic N) is 1. The zero-order valence-corrected chi connectivity index (χ0v) is 13.6. The molecule has 1 amide bonds. The third-order valence-corrected chi connectivity index (χ3v) is 3.76. The van der Waals surface area contributed by atoms with E-state index in [4.69, 9.17) is 5.73 Å². The Bertz CT molecular complexity index is 255. The number of nitrogens with two attached hydrogens (primary N) is 1. The first-order chi connectivity index (χ1) is 8.71. The molecule has 4 nitrogen and oxygen atoms in total. The van der Waals surface area contributed by atoms with Gasteiger partial charge in [0.15, 0.2) is 0 Å². The quantitative estimate of drug-likeness (QED) is 0.674. The summed E-state index contributed by atoms with van der Waals surface area (Å²) >= 11 is 0. The Balaban J connectivity index is 4.22.